The van der Waals surface area contributed by atoms with Gasteiger partial charge in [-0.15, -0.1) is 0 Å². The van der Waals surface area contributed by atoms with Gasteiger partial charge in [-0.1, -0.05) is 17.9 Å². The van der Waals surface area contributed by atoms with Gasteiger partial charge in [0.2, 0.25) is 0 Å². The molecule has 1 amide bonds. The molecule has 0 unspecified atom stereocenters. The van der Waals surface area contributed by atoms with E-state index >= 15 is 0 Å². The van der Waals surface area contributed by atoms with Crippen molar-refractivity contribution in [1.29, 1.82) is 0 Å². The van der Waals surface area contributed by atoms with E-state index in [0.717, 1.165) is 16.8 Å². The summed E-state index contributed by atoms with van der Waals surface area (Å²) in [5.41, 5.74) is 2.49. The van der Waals surface area contributed by atoms with Crippen molar-refractivity contribution in [3.63, 3.8) is 0 Å². The molecule has 0 bridgehead atoms. The highest BCUT2D eigenvalue weighted by Gasteiger charge is 2.18. The second-order valence-electron chi connectivity index (χ2n) is 7.12. The summed E-state index contributed by atoms with van der Waals surface area (Å²) in [4.78, 5) is 18.9. The zero-order chi connectivity index (χ0) is 19.3. The maximum absolute atomic E-state index is 12.7. The number of aromatic nitrogens is 1. The van der Waals surface area contributed by atoms with Gasteiger partial charge in [0.05, 0.1) is 0 Å². The molecule has 2 rings (SSSR count). The smallest absolute Gasteiger partial charge is 0.253 e. The summed E-state index contributed by atoms with van der Waals surface area (Å²) in [6.45, 7) is 7.33. The minimum Gasteiger partial charge on any atom is -0.378 e. The van der Waals surface area contributed by atoms with E-state index in [2.05, 4.69) is 16.8 Å². The van der Waals surface area contributed by atoms with E-state index in [0.29, 0.717) is 12.0 Å². The lowest BCUT2D eigenvalue weighted by Crippen LogP contribution is -2.36. The van der Waals surface area contributed by atoms with Crippen molar-refractivity contribution >= 4 is 5.91 Å². The van der Waals surface area contributed by atoms with E-state index in [1.165, 1.54) is 0 Å². The molecule has 0 aliphatic heterocycles. The number of pyridine rings is 1. The van der Waals surface area contributed by atoms with Gasteiger partial charge in [0, 0.05) is 42.5 Å². The number of benzene rings is 1. The van der Waals surface area contributed by atoms with Crippen LogP contribution in [0.15, 0.2) is 42.6 Å². The first-order valence-corrected chi connectivity index (χ1v) is 8.70. The molecule has 4 nitrogen and oxygen atoms in total. The zero-order valence-corrected chi connectivity index (χ0v) is 16.1. The van der Waals surface area contributed by atoms with E-state index in [1.807, 2.05) is 33.0 Å². The van der Waals surface area contributed by atoms with E-state index in [-0.39, 0.29) is 11.9 Å². The third kappa shape index (κ3) is 5.44. The fraction of sp³-hybridized carbons (Fsp3) is 0.364. The Morgan fingerprint density at radius 2 is 1.92 bits per heavy atom. The highest BCUT2D eigenvalue weighted by atomic mass is 16.3. The summed E-state index contributed by atoms with van der Waals surface area (Å²) >= 11 is 0. The standard InChI is InChI=1S/C22H26N2O2/c1-16-7-6-14-23-20(16)15-17(2)24(5)21(25)19-10-8-18(9-11-19)12-13-22(3,4)26/h6-11,14,17,26H,15H2,1-5H3/t17-/m0/s1. The lowest BCUT2D eigenvalue weighted by atomic mass is 10.1. The van der Waals surface area contributed by atoms with Gasteiger partial charge in [-0.25, -0.2) is 0 Å². The first kappa shape index (κ1) is 19.7. The molecule has 136 valence electrons. The van der Waals surface area contributed by atoms with Crippen LogP contribution < -0.4 is 0 Å². The molecular weight excluding hydrogens is 324 g/mol. The number of amides is 1. The summed E-state index contributed by atoms with van der Waals surface area (Å²) in [5.74, 6) is 5.64. The maximum atomic E-state index is 12.7. The number of nitrogens with zero attached hydrogens (tertiary/aromatic N) is 2. The maximum Gasteiger partial charge on any atom is 0.253 e. The van der Waals surface area contributed by atoms with Gasteiger partial charge in [-0.2, -0.15) is 0 Å². The minimum absolute atomic E-state index is 0.0331. The molecule has 1 heterocycles. The fourth-order valence-corrected chi connectivity index (χ4v) is 2.47. The molecule has 0 fully saturated rings. The molecule has 2 aromatic rings. The van der Waals surface area contributed by atoms with Crippen molar-refractivity contribution < 1.29 is 9.90 Å². The number of rotatable bonds is 4. The normalized spacial score (nSPS) is 12.1. The van der Waals surface area contributed by atoms with Crippen LogP contribution in [0, 0.1) is 18.8 Å². The fourth-order valence-electron chi connectivity index (χ4n) is 2.47. The lowest BCUT2D eigenvalue weighted by molar-refractivity contribution is 0.0742. The molecule has 0 aliphatic rings. The number of aliphatic hydroxyl groups is 1. The molecule has 26 heavy (non-hydrogen) atoms. The second-order valence-corrected chi connectivity index (χ2v) is 7.12. The van der Waals surface area contributed by atoms with Crippen LogP contribution in [0.2, 0.25) is 0 Å². The van der Waals surface area contributed by atoms with Crippen LogP contribution in [-0.4, -0.2) is 39.6 Å². The molecule has 0 radical (unpaired) electrons. The largest absolute Gasteiger partial charge is 0.378 e. The van der Waals surface area contributed by atoms with Gasteiger partial charge < -0.3 is 10.0 Å². The van der Waals surface area contributed by atoms with Crippen molar-refractivity contribution in [3.8, 4) is 11.8 Å². The Morgan fingerprint density at radius 3 is 2.50 bits per heavy atom. The van der Waals surface area contributed by atoms with E-state index in [1.54, 1.807) is 49.2 Å². The van der Waals surface area contributed by atoms with Crippen LogP contribution >= 0.6 is 0 Å². The van der Waals surface area contributed by atoms with Gasteiger partial charge in [0.15, 0.2) is 0 Å². The third-order valence-electron chi connectivity index (χ3n) is 4.23. The van der Waals surface area contributed by atoms with Crippen LogP contribution in [0.3, 0.4) is 0 Å². The molecule has 1 N–H and O–H groups in total. The molecule has 0 saturated heterocycles. The highest BCUT2D eigenvalue weighted by Crippen LogP contribution is 2.13. The quantitative estimate of drug-likeness (QED) is 0.862. The molecule has 1 aromatic heterocycles. The van der Waals surface area contributed by atoms with Crippen LogP contribution in [0.1, 0.15) is 48.0 Å². The summed E-state index contributed by atoms with van der Waals surface area (Å²) in [7, 11) is 1.81. The first-order valence-electron chi connectivity index (χ1n) is 8.70. The van der Waals surface area contributed by atoms with Gasteiger partial charge in [0.25, 0.3) is 5.91 Å². The van der Waals surface area contributed by atoms with E-state index in [4.69, 9.17) is 0 Å². The highest BCUT2D eigenvalue weighted by molar-refractivity contribution is 5.94. The predicted molar refractivity (Wildman–Crippen MR) is 104 cm³/mol. The van der Waals surface area contributed by atoms with Crippen molar-refractivity contribution in [2.24, 2.45) is 0 Å². The Labute approximate surface area is 155 Å². The Kier molecular flexibility index (Phi) is 6.18. The predicted octanol–water partition coefficient (Wildman–Crippen LogP) is 3.22. The topological polar surface area (TPSA) is 53.4 Å². The monoisotopic (exact) mass is 350 g/mol. The van der Waals surface area contributed by atoms with Crippen molar-refractivity contribution in [2.45, 2.75) is 45.8 Å². The van der Waals surface area contributed by atoms with E-state index < -0.39 is 5.60 Å². The third-order valence-corrected chi connectivity index (χ3v) is 4.23. The Bertz CT molecular complexity index is 824. The number of likely N-dealkylation sites (N-methyl/N-ethyl adjacent to an activating group) is 1. The summed E-state index contributed by atoms with van der Waals surface area (Å²) in [6, 6.07) is 11.1. The molecule has 0 aliphatic carbocycles. The van der Waals surface area contributed by atoms with Crippen LogP contribution in [0.25, 0.3) is 0 Å². The Morgan fingerprint density at radius 1 is 1.27 bits per heavy atom. The van der Waals surface area contributed by atoms with Gasteiger partial charge in [-0.3, -0.25) is 9.78 Å². The van der Waals surface area contributed by atoms with Crippen LogP contribution in [0.4, 0.5) is 0 Å². The average Bonchev–Trinajstić information content (AvgIpc) is 2.60. The van der Waals surface area contributed by atoms with Crippen LogP contribution in [0.5, 0.6) is 0 Å². The summed E-state index contributed by atoms with van der Waals surface area (Å²) < 4.78 is 0. The van der Waals surface area contributed by atoms with Crippen molar-refractivity contribution in [3.05, 3.63) is 65.0 Å². The van der Waals surface area contributed by atoms with Crippen molar-refractivity contribution in [2.75, 3.05) is 7.05 Å². The Hall–Kier alpha value is -2.64. The minimum atomic E-state index is -1.03. The number of hydrogen-bond acceptors (Lipinski definition) is 3. The summed E-state index contributed by atoms with van der Waals surface area (Å²) in [6.07, 6.45) is 2.49. The number of hydrogen-bond donors (Lipinski definition) is 1. The SMILES string of the molecule is Cc1cccnc1C[C@H](C)N(C)C(=O)c1ccc(C#CC(C)(C)O)cc1. The Balaban J connectivity index is 2.07. The van der Waals surface area contributed by atoms with E-state index in [9.17, 15) is 9.90 Å². The lowest BCUT2D eigenvalue weighted by Gasteiger charge is -2.25. The van der Waals surface area contributed by atoms with Crippen LogP contribution in [-0.2, 0) is 6.42 Å². The molecule has 0 saturated carbocycles. The van der Waals surface area contributed by atoms with Gasteiger partial charge in [0.1, 0.15) is 5.60 Å². The number of carbonyl (C=O) groups excluding carboxylic acids is 1. The second kappa shape index (κ2) is 8.16. The molecule has 1 aromatic carbocycles. The molecule has 0 spiro atoms. The first-order chi connectivity index (χ1) is 12.2. The molecule has 4 heteroatoms. The van der Waals surface area contributed by atoms with Crippen molar-refractivity contribution in [1.82, 2.24) is 9.88 Å². The number of aryl methyl sites for hydroxylation is 1. The number of carbonyl (C=O) groups is 1. The molecule has 1 atom stereocenters. The van der Waals surface area contributed by atoms with Gasteiger partial charge >= 0.3 is 0 Å². The average molecular weight is 350 g/mol. The zero-order valence-electron chi connectivity index (χ0n) is 16.1. The summed E-state index contributed by atoms with van der Waals surface area (Å²) in [5, 5.41) is 9.66. The van der Waals surface area contributed by atoms with Gasteiger partial charge in [-0.05, 0) is 63.6 Å². The molecular formula is C22H26N2O2.